The number of rotatable bonds is 1. The molecule has 0 aliphatic carbocycles. The van der Waals surface area contributed by atoms with Crippen molar-refractivity contribution in [3.8, 4) is 0 Å². The summed E-state index contributed by atoms with van der Waals surface area (Å²) in [7, 11) is 0. The van der Waals surface area contributed by atoms with E-state index in [2.05, 4.69) is 25.9 Å². The molecule has 0 bridgehead atoms. The lowest BCUT2D eigenvalue weighted by molar-refractivity contribution is 0.585. The Bertz CT molecular complexity index is 579. The lowest BCUT2D eigenvalue weighted by atomic mass is 10.2. The number of nitrogens with zero attached hydrogens (tertiary/aromatic N) is 2. The molecule has 2 aromatic rings. The highest BCUT2D eigenvalue weighted by molar-refractivity contribution is 9.10. The van der Waals surface area contributed by atoms with Crippen molar-refractivity contribution in [2.75, 3.05) is 6.26 Å². The number of fused-ring (bicyclic) bond motifs is 1. The maximum Gasteiger partial charge on any atom is 0.189 e. The minimum atomic E-state index is -0.754. The molecule has 0 amide bonds. The van der Waals surface area contributed by atoms with Gasteiger partial charge in [0.05, 0.1) is 9.86 Å². The molecule has 2 nitrogen and oxygen atoms in total. The van der Waals surface area contributed by atoms with Gasteiger partial charge in [-0.25, -0.2) is 18.7 Å². The van der Waals surface area contributed by atoms with Crippen LogP contribution in [0.15, 0.2) is 15.7 Å². The standard InChI is InChI=1S/C9H4BrClF2N2S/c1-16-9-14-7-4(13)2-3(12)6(10)5(7)8(11)15-9/h2H,1H3. The zero-order valence-corrected chi connectivity index (χ0v) is 11.1. The average Bonchev–Trinajstić information content (AvgIpc) is 2.25. The van der Waals surface area contributed by atoms with Crippen molar-refractivity contribution in [2.24, 2.45) is 0 Å². The Kier molecular flexibility index (Phi) is 3.32. The van der Waals surface area contributed by atoms with E-state index in [4.69, 9.17) is 11.6 Å². The third-order valence-corrected chi connectivity index (χ3v) is 3.53. The molecule has 1 aromatic heterocycles. The third kappa shape index (κ3) is 1.89. The number of thioether (sulfide) groups is 1. The largest absolute Gasteiger partial charge is 0.219 e. The van der Waals surface area contributed by atoms with Crippen LogP contribution in [-0.4, -0.2) is 16.2 Å². The molecule has 0 saturated carbocycles. The molecule has 0 aliphatic rings. The van der Waals surface area contributed by atoms with Crippen molar-refractivity contribution in [1.29, 1.82) is 0 Å². The number of benzene rings is 1. The van der Waals surface area contributed by atoms with Gasteiger partial charge in [0.1, 0.15) is 16.5 Å². The number of halogens is 4. The van der Waals surface area contributed by atoms with E-state index in [0.29, 0.717) is 5.16 Å². The highest BCUT2D eigenvalue weighted by Gasteiger charge is 2.16. The van der Waals surface area contributed by atoms with Crippen molar-refractivity contribution in [3.05, 3.63) is 27.3 Å². The Labute approximate surface area is 108 Å². The van der Waals surface area contributed by atoms with Crippen molar-refractivity contribution in [1.82, 2.24) is 9.97 Å². The van der Waals surface area contributed by atoms with Gasteiger partial charge in [-0.3, -0.25) is 0 Å². The van der Waals surface area contributed by atoms with Gasteiger partial charge in [-0.2, -0.15) is 0 Å². The first kappa shape index (κ1) is 12.0. The van der Waals surface area contributed by atoms with Crippen LogP contribution in [0.1, 0.15) is 0 Å². The Morgan fingerprint density at radius 3 is 2.62 bits per heavy atom. The summed E-state index contributed by atoms with van der Waals surface area (Å²) in [4.78, 5) is 7.87. The highest BCUT2D eigenvalue weighted by Crippen LogP contribution is 2.33. The van der Waals surface area contributed by atoms with Gasteiger partial charge < -0.3 is 0 Å². The van der Waals surface area contributed by atoms with Crippen LogP contribution < -0.4 is 0 Å². The monoisotopic (exact) mass is 324 g/mol. The van der Waals surface area contributed by atoms with Crippen LogP contribution in [0.3, 0.4) is 0 Å². The van der Waals surface area contributed by atoms with E-state index in [1.54, 1.807) is 6.26 Å². The van der Waals surface area contributed by atoms with Gasteiger partial charge in [0.15, 0.2) is 11.0 Å². The van der Waals surface area contributed by atoms with Crippen molar-refractivity contribution >= 4 is 50.2 Å². The van der Waals surface area contributed by atoms with Gasteiger partial charge in [0.2, 0.25) is 0 Å². The minimum Gasteiger partial charge on any atom is -0.219 e. The zero-order valence-electron chi connectivity index (χ0n) is 7.89. The molecule has 16 heavy (non-hydrogen) atoms. The maximum absolute atomic E-state index is 13.5. The molecule has 0 atom stereocenters. The first-order valence-electron chi connectivity index (χ1n) is 4.09. The van der Waals surface area contributed by atoms with Crippen molar-refractivity contribution in [3.63, 3.8) is 0 Å². The van der Waals surface area contributed by atoms with E-state index in [1.165, 1.54) is 11.8 Å². The van der Waals surface area contributed by atoms with Crippen molar-refractivity contribution in [2.45, 2.75) is 5.16 Å². The van der Waals surface area contributed by atoms with Gasteiger partial charge >= 0.3 is 0 Å². The van der Waals surface area contributed by atoms with E-state index in [9.17, 15) is 8.78 Å². The summed E-state index contributed by atoms with van der Waals surface area (Å²) in [6.45, 7) is 0. The topological polar surface area (TPSA) is 25.8 Å². The lowest BCUT2D eigenvalue weighted by Crippen LogP contribution is -1.95. The maximum atomic E-state index is 13.5. The van der Waals surface area contributed by atoms with Gasteiger partial charge in [-0.1, -0.05) is 23.4 Å². The fourth-order valence-corrected chi connectivity index (χ4v) is 2.52. The van der Waals surface area contributed by atoms with Crippen LogP contribution in [0.4, 0.5) is 8.78 Å². The first-order chi connectivity index (χ1) is 7.54. The van der Waals surface area contributed by atoms with E-state index in [0.717, 1.165) is 6.07 Å². The van der Waals surface area contributed by atoms with Gasteiger partial charge in [0, 0.05) is 6.07 Å². The van der Waals surface area contributed by atoms with Crippen LogP contribution in [0, 0.1) is 11.6 Å². The average molecular weight is 326 g/mol. The van der Waals surface area contributed by atoms with E-state index >= 15 is 0 Å². The van der Waals surface area contributed by atoms with Gasteiger partial charge in [-0.05, 0) is 22.2 Å². The predicted octanol–water partition coefficient (Wildman–Crippen LogP) is 4.05. The number of hydrogen-bond acceptors (Lipinski definition) is 3. The van der Waals surface area contributed by atoms with Crippen molar-refractivity contribution < 1.29 is 8.78 Å². The summed E-state index contributed by atoms with van der Waals surface area (Å²) in [5.41, 5.74) is 0.0117. The molecule has 0 spiro atoms. The normalized spacial score (nSPS) is 11.1. The van der Waals surface area contributed by atoms with Crippen LogP contribution in [0.5, 0.6) is 0 Å². The summed E-state index contributed by atoms with van der Waals surface area (Å²) in [5.74, 6) is -1.48. The van der Waals surface area contributed by atoms with Crippen LogP contribution >= 0.6 is 39.3 Å². The van der Waals surface area contributed by atoms with Crippen LogP contribution in [0.2, 0.25) is 5.15 Å². The predicted molar refractivity (Wildman–Crippen MR) is 63.9 cm³/mol. The summed E-state index contributed by atoms with van der Waals surface area (Å²) in [5, 5.41) is 0.520. The highest BCUT2D eigenvalue weighted by atomic mass is 79.9. The van der Waals surface area contributed by atoms with E-state index < -0.39 is 11.6 Å². The number of aromatic nitrogens is 2. The summed E-state index contributed by atoms with van der Waals surface area (Å²) in [6, 6.07) is 0.764. The molecule has 7 heteroatoms. The van der Waals surface area contributed by atoms with E-state index in [1.807, 2.05) is 0 Å². The third-order valence-electron chi connectivity index (χ3n) is 1.94. The van der Waals surface area contributed by atoms with Crippen LogP contribution in [0.25, 0.3) is 10.9 Å². The molecule has 0 fully saturated rings. The second-order valence-electron chi connectivity index (χ2n) is 2.88. The molecular formula is C9H4BrClF2N2S. The number of hydrogen-bond donors (Lipinski definition) is 0. The smallest absolute Gasteiger partial charge is 0.189 e. The van der Waals surface area contributed by atoms with Gasteiger partial charge in [0.25, 0.3) is 0 Å². The Morgan fingerprint density at radius 1 is 1.31 bits per heavy atom. The van der Waals surface area contributed by atoms with Crippen LogP contribution in [-0.2, 0) is 0 Å². The first-order valence-corrected chi connectivity index (χ1v) is 6.49. The molecule has 84 valence electrons. The molecule has 0 aliphatic heterocycles. The minimum absolute atomic E-state index is 0.0117. The Balaban J connectivity index is 2.94. The lowest BCUT2D eigenvalue weighted by Gasteiger charge is -2.06. The SMILES string of the molecule is CSc1nc(Cl)c2c(Br)c(F)cc(F)c2n1. The molecular weight excluding hydrogens is 322 g/mol. The molecule has 0 radical (unpaired) electrons. The van der Waals surface area contributed by atoms with E-state index in [-0.39, 0.29) is 20.5 Å². The zero-order chi connectivity index (χ0) is 11.9. The Morgan fingerprint density at radius 2 is 2.00 bits per heavy atom. The fourth-order valence-electron chi connectivity index (χ4n) is 1.24. The fraction of sp³-hybridized carbons (Fsp3) is 0.111. The summed E-state index contributed by atoms with van der Waals surface area (Å²) >= 11 is 10.1. The summed E-state index contributed by atoms with van der Waals surface area (Å²) in [6.07, 6.45) is 1.74. The van der Waals surface area contributed by atoms with Gasteiger partial charge in [-0.15, -0.1) is 0 Å². The second kappa shape index (κ2) is 4.43. The molecule has 2 rings (SSSR count). The second-order valence-corrected chi connectivity index (χ2v) is 4.80. The Hall–Kier alpha value is -0.460. The summed E-state index contributed by atoms with van der Waals surface area (Å²) < 4.78 is 26.8. The molecule has 1 aromatic carbocycles. The molecule has 0 N–H and O–H groups in total. The molecule has 0 unspecified atom stereocenters. The molecule has 1 heterocycles. The molecule has 0 saturated heterocycles. The quantitative estimate of drug-likeness (QED) is 0.342.